The summed E-state index contributed by atoms with van der Waals surface area (Å²) in [6.45, 7) is 2.10. The highest BCUT2D eigenvalue weighted by molar-refractivity contribution is 7.17. The second-order valence-electron chi connectivity index (χ2n) is 1.79. The van der Waals surface area contributed by atoms with E-state index in [-0.39, 0.29) is 12.4 Å². The Morgan fingerprint density at radius 3 is 2.92 bits per heavy atom. The van der Waals surface area contributed by atoms with Crippen molar-refractivity contribution in [2.24, 2.45) is 0 Å². The van der Waals surface area contributed by atoms with E-state index in [0.29, 0.717) is 16.6 Å². The molecular formula is C6H9ClN2O2S. The van der Waals surface area contributed by atoms with Gasteiger partial charge in [0.15, 0.2) is 0 Å². The van der Waals surface area contributed by atoms with Gasteiger partial charge in [-0.15, -0.1) is 12.4 Å². The number of nitrogens with two attached hydrogens (primary N) is 1. The molecule has 1 rings (SSSR count). The third-order valence-electron chi connectivity index (χ3n) is 0.974. The van der Waals surface area contributed by atoms with Crippen molar-refractivity contribution in [2.75, 3.05) is 12.3 Å². The van der Waals surface area contributed by atoms with Gasteiger partial charge in [0, 0.05) is 0 Å². The number of hydrogen-bond acceptors (Lipinski definition) is 5. The first-order valence-electron chi connectivity index (χ1n) is 3.12. The van der Waals surface area contributed by atoms with Gasteiger partial charge in [-0.1, -0.05) is 11.3 Å². The first-order chi connectivity index (χ1) is 5.24. The maximum atomic E-state index is 10.9. The zero-order valence-electron chi connectivity index (χ0n) is 6.44. The van der Waals surface area contributed by atoms with E-state index in [2.05, 4.69) is 4.98 Å². The molecule has 0 aliphatic carbocycles. The van der Waals surface area contributed by atoms with Gasteiger partial charge in [0.05, 0.1) is 12.8 Å². The van der Waals surface area contributed by atoms with Crippen molar-refractivity contribution in [3.8, 4) is 0 Å². The fourth-order valence-electron chi connectivity index (χ4n) is 0.574. The van der Waals surface area contributed by atoms with Crippen LogP contribution in [0, 0.1) is 0 Å². The highest BCUT2D eigenvalue weighted by atomic mass is 35.5. The molecule has 0 fully saturated rings. The second-order valence-corrected chi connectivity index (χ2v) is 2.85. The summed E-state index contributed by atoms with van der Waals surface area (Å²) in [5, 5.41) is 0.831. The van der Waals surface area contributed by atoms with Crippen LogP contribution in [0.15, 0.2) is 6.20 Å². The van der Waals surface area contributed by atoms with E-state index >= 15 is 0 Å². The summed E-state index contributed by atoms with van der Waals surface area (Å²) in [5.41, 5.74) is 5.36. The molecule has 0 bridgehead atoms. The summed E-state index contributed by atoms with van der Waals surface area (Å²) in [7, 11) is 0. The fourth-order valence-corrected chi connectivity index (χ4v) is 1.15. The Morgan fingerprint density at radius 2 is 2.50 bits per heavy atom. The molecule has 0 radical (unpaired) electrons. The summed E-state index contributed by atoms with van der Waals surface area (Å²) < 4.78 is 4.69. The summed E-state index contributed by atoms with van der Waals surface area (Å²) >= 11 is 1.13. The molecule has 2 N–H and O–H groups in total. The van der Waals surface area contributed by atoms with E-state index in [9.17, 15) is 4.79 Å². The molecule has 1 aromatic rings. The Morgan fingerprint density at radius 1 is 1.83 bits per heavy atom. The predicted molar refractivity (Wildman–Crippen MR) is 49.7 cm³/mol. The maximum absolute atomic E-state index is 10.9. The monoisotopic (exact) mass is 208 g/mol. The van der Waals surface area contributed by atoms with Crippen LogP contribution in [0.2, 0.25) is 0 Å². The largest absolute Gasteiger partial charge is 0.461 e. The van der Waals surface area contributed by atoms with Gasteiger partial charge in [0.2, 0.25) is 5.01 Å². The van der Waals surface area contributed by atoms with Gasteiger partial charge < -0.3 is 10.5 Å². The van der Waals surface area contributed by atoms with Gasteiger partial charge in [0.1, 0.15) is 5.00 Å². The first kappa shape index (κ1) is 11.2. The minimum Gasteiger partial charge on any atom is -0.461 e. The first-order valence-corrected chi connectivity index (χ1v) is 3.94. The molecule has 0 spiro atoms. The number of thiazole rings is 1. The molecule has 1 aromatic heterocycles. The lowest BCUT2D eigenvalue weighted by Gasteiger charge is -1.94. The van der Waals surface area contributed by atoms with E-state index in [4.69, 9.17) is 10.5 Å². The lowest BCUT2D eigenvalue weighted by atomic mass is 10.7. The van der Waals surface area contributed by atoms with Crippen LogP contribution in [-0.4, -0.2) is 17.6 Å². The Kier molecular flexibility index (Phi) is 4.61. The molecular weight excluding hydrogens is 200 g/mol. The number of carbonyl (C=O) groups excluding carboxylic acids is 1. The average Bonchev–Trinajstić information content (AvgIpc) is 2.36. The summed E-state index contributed by atoms with van der Waals surface area (Å²) in [5.74, 6) is -0.408. The third-order valence-corrected chi connectivity index (χ3v) is 1.78. The zero-order chi connectivity index (χ0) is 8.27. The molecule has 0 atom stereocenters. The van der Waals surface area contributed by atoms with Gasteiger partial charge in [-0.05, 0) is 6.92 Å². The Labute approximate surface area is 80.2 Å². The van der Waals surface area contributed by atoms with Crippen LogP contribution in [0.5, 0.6) is 0 Å². The predicted octanol–water partition coefficient (Wildman–Crippen LogP) is 1.32. The summed E-state index contributed by atoms with van der Waals surface area (Å²) in [6.07, 6.45) is 1.44. The van der Waals surface area contributed by atoms with Gasteiger partial charge in [-0.25, -0.2) is 9.78 Å². The molecule has 68 valence electrons. The Bertz CT molecular complexity index is 264. The second kappa shape index (κ2) is 4.95. The van der Waals surface area contributed by atoms with Crippen molar-refractivity contribution in [1.82, 2.24) is 4.98 Å². The SMILES string of the molecule is CCOC(=O)c1ncc(N)s1.Cl. The Hall–Kier alpha value is -0.810. The van der Waals surface area contributed by atoms with E-state index < -0.39 is 5.97 Å². The number of hydrogen-bond donors (Lipinski definition) is 1. The van der Waals surface area contributed by atoms with Crippen molar-refractivity contribution in [2.45, 2.75) is 6.92 Å². The van der Waals surface area contributed by atoms with Gasteiger partial charge >= 0.3 is 5.97 Å². The minimum atomic E-state index is -0.408. The summed E-state index contributed by atoms with van der Waals surface area (Å²) in [4.78, 5) is 14.7. The molecule has 0 aromatic carbocycles. The zero-order valence-corrected chi connectivity index (χ0v) is 8.08. The van der Waals surface area contributed by atoms with Crippen molar-refractivity contribution in [3.63, 3.8) is 0 Å². The number of aromatic nitrogens is 1. The number of esters is 1. The molecule has 0 aliphatic rings. The lowest BCUT2D eigenvalue weighted by molar-refractivity contribution is 0.0526. The Balaban J connectivity index is 0.00000121. The number of halogens is 1. The molecule has 0 aliphatic heterocycles. The van der Waals surface area contributed by atoms with Gasteiger partial charge in [-0.3, -0.25) is 0 Å². The highest BCUT2D eigenvalue weighted by Gasteiger charge is 2.09. The number of carbonyl (C=O) groups is 1. The number of nitrogen functional groups attached to an aromatic ring is 1. The van der Waals surface area contributed by atoms with Crippen LogP contribution in [-0.2, 0) is 4.74 Å². The smallest absolute Gasteiger partial charge is 0.367 e. The number of ether oxygens (including phenoxy) is 1. The van der Waals surface area contributed by atoms with Crippen LogP contribution >= 0.6 is 23.7 Å². The normalized spacial score (nSPS) is 8.75. The van der Waals surface area contributed by atoms with E-state index in [1.54, 1.807) is 6.92 Å². The van der Waals surface area contributed by atoms with E-state index in [0.717, 1.165) is 11.3 Å². The van der Waals surface area contributed by atoms with E-state index in [1.807, 2.05) is 0 Å². The van der Waals surface area contributed by atoms with Crippen molar-refractivity contribution >= 4 is 34.7 Å². The van der Waals surface area contributed by atoms with Crippen LogP contribution in [0.3, 0.4) is 0 Å². The van der Waals surface area contributed by atoms with Crippen molar-refractivity contribution in [3.05, 3.63) is 11.2 Å². The molecule has 0 saturated heterocycles. The van der Waals surface area contributed by atoms with Gasteiger partial charge in [-0.2, -0.15) is 0 Å². The third kappa shape index (κ3) is 2.67. The van der Waals surface area contributed by atoms with E-state index in [1.165, 1.54) is 6.20 Å². The fraction of sp³-hybridized carbons (Fsp3) is 0.333. The van der Waals surface area contributed by atoms with Crippen LogP contribution in [0.25, 0.3) is 0 Å². The number of anilines is 1. The van der Waals surface area contributed by atoms with Crippen molar-refractivity contribution in [1.29, 1.82) is 0 Å². The molecule has 12 heavy (non-hydrogen) atoms. The quantitative estimate of drug-likeness (QED) is 0.745. The lowest BCUT2D eigenvalue weighted by Crippen LogP contribution is -2.03. The molecule has 1 heterocycles. The average molecular weight is 209 g/mol. The topological polar surface area (TPSA) is 65.2 Å². The van der Waals surface area contributed by atoms with Gasteiger partial charge in [0.25, 0.3) is 0 Å². The summed E-state index contributed by atoms with van der Waals surface area (Å²) in [6, 6.07) is 0. The van der Waals surface area contributed by atoms with Crippen molar-refractivity contribution < 1.29 is 9.53 Å². The standard InChI is InChI=1S/C6H8N2O2S.ClH/c1-2-10-6(9)5-8-3-4(7)11-5;/h3H,2,7H2,1H3;1H. The number of rotatable bonds is 2. The molecule has 0 amide bonds. The minimum absolute atomic E-state index is 0. The number of nitrogens with zero attached hydrogens (tertiary/aromatic N) is 1. The highest BCUT2D eigenvalue weighted by Crippen LogP contribution is 2.14. The molecule has 0 saturated carbocycles. The van der Waals surface area contributed by atoms with Crippen LogP contribution < -0.4 is 5.73 Å². The van der Waals surface area contributed by atoms with Crippen LogP contribution in [0.1, 0.15) is 16.7 Å². The maximum Gasteiger partial charge on any atom is 0.367 e. The molecule has 6 heteroatoms. The molecule has 4 nitrogen and oxygen atoms in total. The van der Waals surface area contributed by atoms with Crippen LogP contribution in [0.4, 0.5) is 5.00 Å². The molecule has 0 unspecified atom stereocenters.